The summed E-state index contributed by atoms with van der Waals surface area (Å²) in [7, 11) is 1.99. The minimum atomic E-state index is -0.362. The maximum absolute atomic E-state index is 14.1. The lowest BCUT2D eigenvalue weighted by atomic mass is 10.00. The van der Waals surface area contributed by atoms with E-state index in [0.717, 1.165) is 26.1 Å². The molecule has 1 aliphatic heterocycles. The molecule has 0 spiro atoms. The highest BCUT2D eigenvalue weighted by atomic mass is 35.5. The Balaban J connectivity index is 2.20. The van der Waals surface area contributed by atoms with E-state index in [4.69, 9.17) is 22.1 Å². The first kappa shape index (κ1) is 14.7. The number of ether oxygens (including phenoxy) is 1. The third-order valence-corrected chi connectivity index (χ3v) is 4.11. The Kier molecular flexibility index (Phi) is 5.16. The summed E-state index contributed by atoms with van der Waals surface area (Å²) in [4.78, 5) is 2.15. The summed E-state index contributed by atoms with van der Waals surface area (Å²) < 4.78 is 19.5. The number of hydrogen-bond donors (Lipinski definition) is 1. The van der Waals surface area contributed by atoms with Crippen LogP contribution < -0.4 is 5.73 Å². The predicted octanol–water partition coefficient (Wildman–Crippen LogP) is 2.59. The third-order valence-electron chi connectivity index (χ3n) is 3.82. The van der Waals surface area contributed by atoms with Gasteiger partial charge in [-0.1, -0.05) is 23.7 Å². The van der Waals surface area contributed by atoms with E-state index in [1.807, 2.05) is 7.05 Å². The average Bonchev–Trinajstić information content (AvgIpc) is 2.45. The van der Waals surface area contributed by atoms with Crippen LogP contribution in [-0.2, 0) is 4.74 Å². The molecular weight excluding hydrogens is 267 g/mol. The van der Waals surface area contributed by atoms with Gasteiger partial charge in [-0.15, -0.1) is 0 Å². The third kappa shape index (κ3) is 3.26. The Hall–Kier alpha value is -0.680. The van der Waals surface area contributed by atoms with E-state index in [2.05, 4.69) is 4.90 Å². The smallest absolute Gasteiger partial charge is 0.146 e. The molecule has 5 heteroatoms. The number of nitrogens with two attached hydrogens (primary N) is 1. The maximum atomic E-state index is 14.1. The van der Waals surface area contributed by atoms with Gasteiger partial charge in [0.25, 0.3) is 0 Å². The van der Waals surface area contributed by atoms with Crippen LogP contribution in [0.3, 0.4) is 0 Å². The molecule has 0 aromatic heterocycles. The SMILES string of the molecule is CN(C1CCOCC1)C(CN)c1cccc(Cl)c1F. The van der Waals surface area contributed by atoms with Crippen LogP contribution in [0, 0.1) is 5.82 Å². The summed E-state index contributed by atoms with van der Waals surface area (Å²) in [5.74, 6) is -0.362. The maximum Gasteiger partial charge on any atom is 0.146 e. The molecule has 2 N–H and O–H groups in total. The van der Waals surface area contributed by atoms with Crippen LogP contribution in [0.2, 0.25) is 5.02 Å². The first-order valence-electron chi connectivity index (χ1n) is 6.58. The molecular formula is C14H20ClFN2O. The van der Waals surface area contributed by atoms with Gasteiger partial charge in [0, 0.05) is 37.4 Å². The summed E-state index contributed by atoms with van der Waals surface area (Å²) in [6.45, 7) is 1.87. The van der Waals surface area contributed by atoms with E-state index in [9.17, 15) is 4.39 Å². The second-order valence-electron chi connectivity index (χ2n) is 4.90. The van der Waals surface area contributed by atoms with Crippen molar-refractivity contribution in [2.24, 2.45) is 5.73 Å². The lowest BCUT2D eigenvalue weighted by Gasteiger charge is -2.37. The van der Waals surface area contributed by atoms with Gasteiger partial charge in [-0.05, 0) is 26.0 Å². The van der Waals surface area contributed by atoms with Crippen molar-refractivity contribution in [3.8, 4) is 0 Å². The Labute approximate surface area is 118 Å². The van der Waals surface area contributed by atoms with E-state index in [-0.39, 0.29) is 16.9 Å². The molecule has 1 unspecified atom stereocenters. The summed E-state index contributed by atoms with van der Waals surface area (Å²) in [6.07, 6.45) is 1.91. The van der Waals surface area contributed by atoms with Gasteiger partial charge < -0.3 is 10.5 Å². The van der Waals surface area contributed by atoms with Gasteiger partial charge >= 0.3 is 0 Å². The monoisotopic (exact) mass is 286 g/mol. The highest BCUT2D eigenvalue weighted by molar-refractivity contribution is 6.30. The van der Waals surface area contributed by atoms with Gasteiger partial charge in [0.1, 0.15) is 5.82 Å². The van der Waals surface area contributed by atoms with Crippen LogP contribution in [0.1, 0.15) is 24.4 Å². The van der Waals surface area contributed by atoms with Crippen LogP contribution in [0.15, 0.2) is 18.2 Å². The summed E-state index contributed by atoms with van der Waals surface area (Å²) in [5, 5.41) is 0.149. The predicted molar refractivity (Wildman–Crippen MR) is 74.8 cm³/mol. The van der Waals surface area contributed by atoms with E-state index in [1.54, 1.807) is 18.2 Å². The van der Waals surface area contributed by atoms with Gasteiger partial charge in [0.05, 0.1) is 5.02 Å². The molecule has 2 rings (SSSR count). The number of hydrogen-bond acceptors (Lipinski definition) is 3. The van der Waals surface area contributed by atoms with Crippen LogP contribution in [0.25, 0.3) is 0 Å². The molecule has 106 valence electrons. The molecule has 1 heterocycles. The Morgan fingerprint density at radius 1 is 1.47 bits per heavy atom. The molecule has 1 fully saturated rings. The van der Waals surface area contributed by atoms with Gasteiger partial charge in [-0.3, -0.25) is 4.90 Å². The first-order valence-corrected chi connectivity index (χ1v) is 6.96. The molecule has 1 atom stereocenters. The minimum absolute atomic E-state index is 0.149. The van der Waals surface area contributed by atoms with Crippen molar-refractivity contribution in [2.75, 3.05) is 26.8 Å². The molecule has 1 aromatic rings. The molecule has 3 nitrogen and oxygen atoms in total. The summed E-state index contributed by atoms with van der Waals surface area (Å²) >= 11 is 5.85. The van der Waals surface area contributed by atoms with Crippen molar-refractivity contribution < 1.29 is 9.13 Å². The first-order chi connectivity index (χ1) is 9.15. The molecule has 0 bridgehead atoms. The number of halogens is 2. The van der Waals surface area contributed by atoms with E-state index in [0.29, 0.717) is 18.2 Å². The fourth-order valence-electron chi connectivity index (χ4n) is 2.64. The minimum Gasteiger partial charge on any atom is -0.381 e. The number of nitrogens with zero attached hydrogens (tertiary/aromatic N) is 1. The van der Waals surface area contributed by atoms with Crippen molar-refractivity contribution in [3.05, 3.63) is 34.6 Å². The topological polar surface area (TPSA) is 38.5 Å². The Morgan fingerprint density at radius 2 is 2.16 bits per heavy atom. The van der Waals surface area contributed by atoms with Crippen molar-refractivity contribution in [3.63, 3.8) is 0 Å². The molecule has 1 aromatic carbocycles. The van der Waals surface area contributed by atoms with Crippen molar-refractivity contribution in [1.29, 1.82) is 0 Å². The largest absolute Gasteiger partial charge is 0.381 e. The zero-order valence-corrected chi connectivity index (χ0v) is 11.9. The number of rotatable bonds is 4. The zero-order chi connectivity index (χ0) is 13.8. The van der Waals surface area contributed by atoms with Gasteiger partial charge in [0.15, 0.2) is 0 Å². The zero-order valence-electron chi connectivity index (χ0n) is 11.1. The van der Waals surface area contributed by atoms with Crippen LogP contribution in [0.4, 0.5) is 4.39 Å². The van der Waals surface area contributed by atoms with E-state index in [1.165, 1.54) is 0 Å². The molecule has 0 amide bonds. The lowest BCUT2D eigenvalue weighted by molar-refractivity contribution is 0.0289. The van der Waals surface area contributed by atoms with Crippen LogP contribution in [-0.4, -0.2) is 37.7 Å². The van der Waals surface area contributed by atoms with E-state index < -0.39 is 0 Å². The quantitative estimate of drug-likeness (QED) is 0.925. The van der Waals surface area contributed by atoms with Crippen molar-refractivity contribution in [1.82, 2.24) is 4.90 Å². The van der Waals surface area contributed by atoms with Gasteiger partial charge in [-0.25, -0.2) is 4.39 Å². The summed E-state index contributed by atoms with van der Waals surface area (Å²) in [6, 6.07) is 5.31. The second kappa shape index (κ2) is 6.66. The van der Waals surface area contributed by atoms with Gasteiger partial charge in [-0.2, -0.15) is 0 Å². The second-order valence-corrected chi connectivity index (χ2v) is 5.31. The highest BCUT2D eigenvalue weighted by Crippen LogP contribution is 2.29. The normalized spacial score (nSPS) is 18.8. The Morgan fingerprint density at radius 3 is 2.79 bits per heavy atom. The fourth-order valence-corrected chi connectivity index (χ4v) is 2.82. The van der Waals surface area contributed by atoms with Crippen molar-refractivity contribution in [2.45, 2.75) is 24.9 Å². The fraction of sp³-hybridized carbons (Fsp3) is 0.571. The average molecular weight is 287 g/mol. The van der Waals surface area contributed by atoms with Crippen LogP contribution in [0.5, 0.6) is 0 Å². The highest BCUT2D eigenvalue weighted by Gasteiger charge is 2.27. The molecule has 1 aliphatic rings. The van der Waals surface area contributed by atoms with Crippen LogP contribution >= 0.6 is 11.6 Å². The molecule has 1 saturated heterocycles. The molecule has 0 aliphatic carbocycles. The molecule has 19 heavy (non-hydrogen) atoms. The van der Waals surface area contributed by atoms with E-state index >= 15 is 0 Å². The molecule has 0 radical (unpaired) electrons. The number of benzene rings is 1. The summed E-state index contributed by atoms with van der Waals surface area (Å²) in [5.41, 5.74) is 6.42. The van der Waals surface area contributed by atoms with Crippen molar-refractivity contribution >= 4 is 11.6 Å². The van der Waals surface area contributed by atoms with Gasteiger partial charge in [0.2, 0.25) is 0 Å². The number of likely N-dealkylation sites (N-methyl/N-ethyl adjacent to an activating group) is 1. The standard InChI is InChI=1S/C14H20ClFN2O/c1-18(10-5-7-19-8-6-10)13(9-17)11-3-2-4-12(15)14(11)16/h2-4,10,13H,5-9,17H2,1H3. The molecule has 0 saturated carbocycles. The Bertz CT molecular complexity index is 424. The lowest BCUT2D eigenvalue weighted by Crippen LogP contribution is -2.42.